The molecule has 0 aliphatic rings. The quantitative estimate of drug-likeness (QED) is 0.707. The summed E-state index contributed by atoms with van der Waals surface area (Å²) < 4.78 is 0. The Kier molecular flexibility index (Phi) is 3.99. The van der Waals surface area contributed by atoms with Gasteiger partial charge in [-0.1, -0.05) is 13.3 Å². The van der Waals surface area contributed by atoms with E-state index < -0.39 is 0 Å². The number of benzene rings is 1. The second kappa shape index (κ2) is 5.69. The van der Waals surface area contributed by atoms with Crippen molar-refractivity contribution < 1.29 is 5.11 Å². The van der Waals surface area contributed by atoms with E-state index in [1.807, 2.05) is 24.3 Å². The Morgan fingerprint density at radius 2 is 2.22 bits per heavy atom. The van der Waals surface area contributed by atoms with Crippen LogP contribution in [0.25, 0.3) is 10.9 Å². The molecule has 0 aliphatic heterocycles. The van der Waals surface area contributed by atoms with E-state index in [0.717, 1.165) is 29.4 Å². The van der Waals surface area contributed by atoms with Crippen LogP contribution < -0.4 is 11.1 Å². The van der Waals surface area contributed by atoms with Gasteiger partial charge < -0.3 is 16.2 Å². The summed E-state index contributed by atoms with van der Waals surface area (Å²) in [5.41, 5.74) is 8.32. The number of rotatable bonds is 5. The normalized spacial score (nSPS) is 12.6. The van der Waals surface area contributed by atoms with Gasteiger partial charge >= 0.3 is 0 Å². The highest BCUT2D eigenvalue weighted by Crippen LogP contribution is 2.26. The molecule has 0 aliphatic carbocycles. The van der Waals surface area contributed by atoms with Crippen LogP contribution in [0.5, 0.6) is 0 Å². The van der Waals surface area contributed by atoms with E-state index in [-0.39, 0.29) is 6.10 Å². The zero-order chi connectivity index (χ0) is 13.0. The average Bonchev–Trinajstić information content (AvgIpc) is 2.39. The van der Waals surface area contributed by atoms with Crippen LogP contribution in [0, 0.1) is 0 Å². The van der Waals surface area contributed by atoms with Crippen LogP contribution in [0.4, 0.5) is 11.4 Å². The van der Waals surface area contributed by atoms with Gasteiger partial charge in [0.25, 0.3) is 0 Å². The summed E-state index contributed by atoms with van der Waals surface area (Å²) in [6.07, 6.45) is 3.19. The zero-order valence-corrected chi connectivity index (χ0v) is 10.6. The molecule has 18 heavy (non-hydrogen) atoms. The molecule has 1 heterocycles. The lowest BCUT2D eigenvalue weighted by Gasteiger charge is -2.14. The van der Waals surface area contributed by atoms with Crippen LogP contribution >= 0.6 is 0 Å². The molecule has 0 saturated heterocycles. The number of nitrogen functional groups attached to an aromatic ring is 1. The standard InChI is InChI=1S/C14H19N3O/c1-2-4-10(18)9-17-13-7-6-12(15)14-11(13)5-3-8-16-14/h3,5-8,10,17-18H,2,4,9,15H2,1H3. The van der Waals surface area contributed by atoms with Crippen LogP contribution in [0.15, 0.2) is 30.5 Å². The summed E-state index contributed by atoms with van der Waals surface area (Å²) in [5, 5.41) is 14.0. The lowest BCUT2D eigenvalue weighted by Crippen LogP contribution is -2.19. The van der Waals surface area contributed by atoms with Crippen molar-refractivity contribution in [3.8, 4) is 0 Å². The van der Waals surface area contributed by atoms with Gasteiger partial charge in [-0.3, -0.25) is 4.98 Å². The lowest BCUT2D eigenvalue weighted by molar-refractivity contribution is 0.176. The minimum Gasteiger partial charge on any atom is -0.397 e. The first-order chi connectivity index (χ1) is 8.72. The number of nitrogens with one attached hydrogen (secondary N) is 1. The van der Waals surface area contributed by atoms with Crippen molar-refractivity contribution in [3.63, 3.8) is 0 Å². The van der Waals surface area contributed by atoms with Crippen LogP contribution in [0.2, 0.25) is 0 Å². The largest absolute Gasteiger partial charge is 0.397 e. The fraction of sp³-hybridized carbons (Fsp3) is 0.357. The van der Waals surface area contributed by atoms with Crippen molar-refractivity contribution in [1.29, 1.82) is 0 Å². The molecule has 1 aromatic heterocycles. The van der Waals surface area contributed by atoms with Crippen molar-refractivity contribution in [2.24, 2.45) is 0 Å². The summed E-state index contributed by atoms with van der Waals surface area (Å²) in [5.74, 6) is 0. The maximum absolute atomic E-state index is 9.73. The molecule has 0 radical (unpaired) electrons. The molecule has 0 amide bonds. The predicted octanol–water partition coefficient (Wildman–Crippen LogP) is 2.39. The first-order valence-corrected chi connectivity index (χ1v) is 6.27. The van der Waals surface area contributed by atoms with Crippen LogP contribution in [-0.2, 0) is 0 Å². The molecule has 1 unspecified atom stereocenters. The topological polar surface area (TPSA) is 71.2 Å². The van der Waals surface area contributed by atoms with Gasteiger partial charge in [0.05, 0.1) is 17.3 Å². The molecule has 0 saturated carbocycles. The SMILES string of the molecule is CCCC(O)CNc1ccc(N)c2ncccc12. The van der Waals surface area contributed by atoms with Crippen molar-refractivity contribution in [3.05, 3.63) is 30.5 Å². The van der Waals surface area contributed by atoms with Crippen LogP contribution in [0.1, 0.15) is 19.8 Å². The van der Waals surface area contributed by atoms with Crippen molar-refractivity contribution >= 4 is 22.3 Å². The molecule has 96 valence electrons. The van der Waals surface area contributed by atoms with Gasteiger partial charge in [-0.25, -0.2) is 0 Å². The van der Waals surface area contributed by atoms with E-state index in [4.69, 9.17) is 5.73 Å². The Labute approximate surface area is 107 Å². The third-order valence-corrected chi connectivity index (χ3v) is 2.95. The van der Waals surface area contributed by atoms with E-state index in [2.05, 4.69) is 17.2 Å². The maximum Gasteiger partial charge on any atom is 0.0951 e. The van der Waals surface area contributed by atoms with Gasteiger partial charge in [-0.2, -0.15) is 0 Å². The van der Waals surface area contributed by atoms with Crippen molar-refractivity contribution in [2.45, 2.75) is 25.9 Å². The number of hydrogen-bond acceptors (Lipinski definition) is 4. The van der Waals surface area contributed by atoms with Gasteiger partial charge in [-0.15, -0.1) is 0 Å². The summed E-state index contributed by atoms with van der Waals surface area (Å²) in [6.45, 7) is 2.60. The van der Waals surface area contributed by atoms with Crippen molar-refractivity contribution in [1.82, 2.24) is 4.98 Å². The fourth-order valence-corrected chi connectivity index (χ4v) is 2.01. The Bertz CT molecular complexity index is 527. The van der Waals surface area contributed by atoms with E-state index in [0.29, 0.717) is 12.2 Å². The third kappa shape index (κ3) is 2.71. The minimum atomic E-state index is -0.320. The van der Waals surface area contributed by atoms with E-state index in [9.17, 15) is 5.11 Å². The molecule has 2 rings (SSSR count). The van der Waals surface area contributed by atoms with Crippen LogP contribution in [0.3, 0.4) is 0 Å². The maximum atomic E-state index is 9.73. The highest BCUT2D eigenvalue weighted by molar-refractivity contribution is 5.98. The van der Waals surface area contributed by atoms with Gasteiger partial charge in [0, 0.05) is 23.8 Å². The number of aliphatic hydroxyl groups is 1. The highest BCUT2D eigenvalue weighted by Gasteiger charge is 2.06. The van der Waals surface area contributed by atoms with Gasteiger partial charge in [0.2, 0.25) is 0 Å². The monoisotopic (exact) mass is 245 g/mol. The number of nitrogens with two attached hydrogens (primary N) is 1. The molecule has 4 heteroatoms. The van der Waals surface area contributed by atoms with E-state index in [1.165, 1.54) is 0 Å². The third-order valence-electron chi connectivity index (χ3n) is 2.95. The average molecular weight is 245 g/mol. The number of pyridine rings is 1. The molecule has 0 bridgehead atoms. The number of fused-ring (bicyclic) bond motifs is 1. The Morgan fingerprint density at radius 1 is 1.39 bits per heavy atom. The minimum absolute atomic E-state index is 0.320. The first-order valence-electron chi connectivity index (χ1n) is 6.27. The summed E-state index contributed by atoms with van der Waals surface area (Å²) >= 11 is 0. The lowest BCUT2D eigenvalue weighted by atomic mass is 10.1. The van der Waals surface area contributed by atoms with Crippen LogP contribution in [-0.4, -0.2) is 22.7 Å². The molecular formula is C14H19N3O. The second-order valence-electron chi connectivity index (χ2n) is 4.43. The zero-order valence-electron chi connectivity index (χ0n) is 10.6. The summed E-state index contributed by atoms with van der Waals surface area (Å²) in [6, 6.07) is 7.63. The molecule has 0 fully saturated rings. The molecule has 2 aromatic rings. The van der Waals surface area contributed by atoms with Gasteiger partial charge in [-0.05, 0) is 30.7 Å². The number of aliphatic hydroxyl groups excluding tert-OH is 1. The summed E-state index contributed by atoms with van der Waals surface area (Å²) in [4.78, 5) is 4.28. The predicted molar refractivity (Wildman–Crippen MR) is 75.6 cm³/mol. The summed E-state index contributed by atoms with van der Waals surface area (Å²) in [7, 11) is 0. The smallest absolute Gasteiger partial charge is 0.0951 e. The molecule has 0 spiro atoms. The Morgan fingerprint density at radius 3 is 3.00 bits per heavy atom. The number of nitrogens with zero attached hydrogens (tertiary/aromatic N) is 1. The molecule has 1 atom stereocenters. The number of anilines is 2. The number of hydrogen-bond donors (Lipinski definition) is 3. The molecule has 1 aromatic carbocycles. The highest BCUT2D eigenvalue weighted by atomic mass is 16.3. The molecular weight excluding hydrogens is 226 g/mol. The van der Waals surface area contributed by atoms with Gasteiger partial charge in [0.15, 0.2) is 0 Å². The Hall–Kier alpha value is -1.81. The molecule has 4 nitrogen and oxygen atoms in total. The second-order valence-corrected chi connectivity index (χ2v) is 4.43. The number of aromatic nitrogens is 1. The first kappa shape index (κ1) is 12.6. The van der Waals surface area contributed by atoms with Crippen molar-refractivity contribution in [2.75, 3.05) is 17.6 Å². The van der Waals surface area contributed by atoms with E-state index in [1.54, 1.807) is 6.20 Å². The molecule has 4 N–H and O–H groups in total. The Balaban J connectivity index is 2.21. The fourth-order valence-electron chi connectivity index (χ4n) is 2.01. The van der Waals surface area contributed by atoms with Gasteiger partial charge in [0.1, 0.15) is 0 Å². The van der Waals surface area contributed by atoms with E-state index >= 15 is 0 Å².